The average molecular weight is 1170 g/mol. The molecule has 0 spiro atoms. The van der Waals surface area contributed by atoms with Crippen LogP contribution in [0.2, 0.25) is 0 Å². The Labute approximate surface area is 466 Å². The number of fused-ring (bicyclic) bond motifs is 8. The van der Waals surface area contributed by atoms with Crippen LogP contribution in [-0.4, -0.2) is 9.55 Å². The van der Waals surface area contributed by atoms with Crippen LogP contribution in [0.25, 0.3) is 111 Å². The molecule has 76 heavy (non-hydrogen) atoms. The normalized spacial score (nSPS) is 12.7. The third-order valence-corrected chi connectivity index (χ3v) is 14.6. The topological polar surface area (TPSA) is 48.9 Å². The second-order valence-electron chi connectivity index (χ2n) is 20.7. The minimum Gasteiger partial charge on any atom is -0.501 e. The Hall–Kier alpha value is -7.89. The molecule has 0 aliphatic carbocycles. The maximum absolute atomic E-state index is 8.76. The fraction of sp³-hybridized carbons (Fsp3) is 0.171. The SMILES string of the molecule is CC(C)c1cccc(C(C)C)c1-n1c(-c2[c-]cccc2)nc2ccccc21.[2H]c1c([2H])c([2H])c(-c2cc3cc4oc5c(-c6[n-]c7ccccc7[n+]6-c6c(C(C)C)cccc6C(C)C)[c-]ccc5c4cc3c3ccccc23)c([2H])c1[2H].[Ir+3]. The van der Waals surface area contributed by atoms with E-state index < -0.39 is 6.04 Å². The van der Waals surface area contributed by atoms with Gasteiger partial charge in [-0.15, -0.1) is 54.1 Å². The van der Waals surface area contributed by atoms with Crippen molar-refractivity contribution >= 4 is 65.6 Å². The van der Waals surface area contributed by atoms with Crippen LogP contribution in [-0.2, 0) is 20.1 Å². The molecule has 0 N–H and O–H groups in total. The first-order valence-electron chi connectivity index (χ1n) is 28.6. The summed E-state index contributed by atoms with van der Waals surface area (Å²) in [6, 6.07) is 61.1. The molecule has 13 rings (SSSR count). The maximum Gasteiger partial charge on any atom is 3.00 e. The van der Waals surface area contributed by atoms with Crippen LogP contribution in [0.3, 0.4) is 0 Å². The van der Waals surface area contributed by atoms with Gasteiger partial charge in [-0.25, -0.2) is 0 Å². The summed E-state index contributed by atoms with van der Waals surface area (Å²) < 4.78 is 53.8. The van der Waals surface area contributed by atoms with Crippen molar-refractivity contribution in [3.05, 3.63) is 228 Å². The van der Waals surface area contributed by atoms with Gasteiger partial charge in [0.1, 0.15) is 5.58 Å². The van der Waals surface area contributed by atoms with Crippen molar-refractivity contribution in [2.45, 2.75) is 79.1 Å². The Kier molecular flexibility index (Phi) is 12.1. The van der Waals surface area contributed by atoms with E-state index in [1.54, 1.807) is 0 Å². The summed E-state index contributed by atoms with van der Waals surface area (Å²) >= 11 is 0. The number of aromatic nitrogens is 4. The molecular formula is C70H60IrN4O+. The number of nitrogens with zero attached hydrogens (tertiary/aromatic N) is 4. The molecule has 0 aliphatic heterocycles. The van der Waals surface area contributed by atoms with E-state index in [4.69, 9.17) is 21.2 Å². The van der Waals surface area contributed by atoms with Gasteiger partial charge in [0.05, 0.1) is 46.2 Å². The molecule has 3 aromatic heterocycles. The van der Waals surface area contributed by atoms with Crippen molar-refractivity contribution in [3.63, 3.8) is 0 Å². The molecule has 0 radical (unpaired) electrons. The molecule has 13 aromatic rings. The Bertz CT molecular complexity index is 4490. The van der Waals surface area contributed by atoms with Gasteiger partial charge in [0.25, 0.3) is 0 Å². The van der Waals surface area contributed by atoms with Gasteiger partial charge in [0.2, 0.25) is 0 Å². The summed E-state index contributed by atoms with van der Waals surface area (Å²) in [5, 5.41) is 5.41. The molecule has 0 saturated carbocycles. The molecule has 0 atom stereocenters. The molecule has 0 aliphatic rings. The smallest absolute Gasteiger partial charge is 0.501 e. The van der Waals surface area contributed by atoms with Crippen LogP contribution in [0.5, 0.6) is 0 Å². The Morgan fingerprint density at radius 2 is 1.22 bits per heavy atom. The van der Waals surface area contributed by atoms with Crippen LogP contribution >= 0.6 is 0 Å². The molecule has 0 saturated heterocycles. The minimum atomic E-state index is -0.410. The first-order valence-corrected chi connectivity index (χ1v) is 26.1. The van der Waals surface area contributed by atoms with E-state index >= 15 is 0 Å². The van der Waals surface area contributed by atoms with Crippen LogP contribution in [0.4, 0.5) is 0 Å². The van der Waals surface area contributed by atoms with Crippen LogP contribution in [0.15, 0.2) is 198 Å². The predicted octanol–water partition coefficient (Wildman–Crippen LogP) is 18.4. The Morgan fingerprint density at radius 1 is 0.579 bits per heavy atom. The van der Waals surface area contributed by atoms with Gasteiger partial charge < -0.3 is 13.6 Å². The van der Waals surface area contributed by atoms with Crippen LogP contribution in [0.1, 0.15) is 108 Å². The second kappa shape index (κ2) is 20.7. The van der Waals surface area contributed by atoms with E-state index in [0.717, 1.165) is 82.8 Å². The number of rotatable bonds is 9. The van der Waals surface area contributed by atoms with Gasteiger partial charge in [0, 0.05) is 16.8 Å². The van der Waals surface area contributed by atoms with Gasteiger partial charge in [-0.3, -0.25) is 9.97 Å². The van der Waals surface area contributed by atoms with E-state index in [2.05, 4.69) is 162 Å². The molecule has 5 nitrogen and oxygen atoms in total. The van der Waals surface area contributed by atoms with E-state index in [-0.39, 0.29) is 61.7 Å². The van der Waals surface area contributed by atoms with Gasteiger partial charge in [0.15, 0.2) is 0 Å². The van der Waals surface area contributed by atoms with Crippen molar-refractivity contribution in [2.75, 3.05) is 0 Å². The largest absolute Gasteiger partial charge is 3.00 e. The zero-order valence-corrected chi connectivity index (χ0v) is 46.3. The van der Waals surface area contributed by atoms with Crippen LogP contribution in [0, 0.1) is 12.1 Å². The second-order valence-corrected chi connectivity index (χ2v) is 20.7. The molecule has 10 aromatic carbocycles. The monoisotopic (exact) mass is 1170 g/mol. The molecule has 0 amide bonds. The maximum atomic E-state index is 8.76. The molecule has 3 heterocycles. The van der Waals surface area contributed by atoms with Crippen molar-refractivity contribution in [1.29, 1.82) is 0 Å². The van der Waals surface area contributed by atoms with Crippen molar-refractivity contribution in [1.82, 2.24) is 14.5 Å². The third-order valence-electron chi connectivity index (χ3n) is 14.6. The van der Waals surface area contributed by atoms with E-state index in [9.17, 15) is 0 Å². The standard InChI is InChI=1S/C45H35N2O.C25H25N2.Ir/c1-27(2)31-18-12-19-32(28(3)4)43(31)47-41-23-11-10-22-40(41)46-45(47)36-21-13-20-35-39-26-38-30(25-42(39)48-44(35)36)24-37(29-14-6-5-7-15-29)33-16-8-9-17-34(33)38;1-17(2)20-13-10-14-21(18(3)4)24(20)27-23-16-9-8-15-22(23)26-25(27)19-11-6-5-7-12-19;/h5-20,22-28H,1-4H3;5-11,13-18H,1-4H3;/q2*-1;+3/i5D,6D,7D,14D,15D;;. The summed E-state index contributed by atoms with van der Waals surface area (Å²) in [7, 11) is 0. The number of hydrogen-bond acceptors (Lipinski definition) is 2. The van der Waals surface area contributed by atoms with E-state index in [1.807, 2.05) is 78.9 Å². The Morgan fingerprint density at radius 3 is 1.92 bits per heavy atom. The van der Waals surface area contributed by atoms with Crippen molar-refractivity contribution in [3.8, 4) is 45.3 Å². The first kappa shape index (κ1) is 44.4. The fourth-order valence-corrected chi connectivity index (χ4v) is 11.0. The summed E-state index contributed by atoms with van der Waals surface area (Å²) in [6.45, 7) is 18.0. The van der Waals surface area contributed by atoms with Gasteiger partial charge >= 0.3 is 20.1 Å². The van der Waals surface area contributed by atoms with E-state index in [1.165, 1.54) is 27.9 Å². The summed E-state index contributed by atoms with van der Waals surface area (Å²) in [6.07, 6.45) is 0. The molecule has 0 fully saturated rings. The van der Waals surface area contributed by atoms with Gasteiger partial charge in [-0.1, -0.05) is 181 Å². The van der Waals surface area contributed by atoms with Crippen molar-refractivity contribution < 1.29 is 35.9 Å². The fourth-order valence-electron chi connectivity index (χ4n) is 11.0. The molecule has 0 bridgehead atoms. The molecule has 0 unspecified atom stereocenters. The number of para-hydroxylation sites is 6. The molecule has 374 valence electrons. The average Bonchev–Trinajstić information content (AvgIpc) is 4.21. The zero-order chi connectivity index (χ0) is 55.8. The number of furan rings is 1. The number of benzene rings is 10. The third kappa shape index (κ3) is 8.74. The quantitative estimate of drug-likeness (QED) is 0.0822. The summed E-state index contributed by atoms with van der Waals surface area (Å²) in [5.74, 6) is 3.10. The zero-order valence-electron chi connectivity index (χ0n) is 48.9. The number of hydrogen-bond donors (Lipinski definition) is 0. The predicted molar refractivity (Wildman–Crippen MR) is 312 cm³/mol. The first-order chi connectivity index (χ1) is 38.6. The summed E-state index contributed by atoms with van der Waals surface area (Å²) in [5.41, 5.74) is 15.5. The Balaban J connectivity index is 0.000000207. The summed E-state index contributed by atoms with van der Waals surface area (Å²) in [4.78, 5) is 10.2. The minimum absolute atomic E-state index is 0. The number of imidazole rings is 2. The van der Waals surface area contributed by atoms with Crippen molar-refractivity contribution in [2.24, 2.45) is 0 Å². The van der Waals surface area contributed by atoms with E-state index in [0.29, 0.717) is 28.6 Å². The van der Waals surface area contributed by atoms with Crippen LogP contribution < -0.4 is 9.55 Å². The van der Waals surface area contributed by atoms with Gasteiger partial charge in [-0.2, -0.15) is 0 Å². The molecular weight excluding hydrogens is 1110 g/mol. The van der Waals surface area contributed by atoms with Gasteiger partial charge in [-0.05, 0) is 121 Å². The molecule has 6 heteroatoms.